The van der Waals surface area contributed by atoms with Gasteiger partial charge < -0.3 is 15.4 Å². The average molecular weight is 434 g/mol. The summed E-state index contributed by atoms with van der Waals surface area (Å²) in [5.41, 5.74) is 2.30. The highest BCUT2D eigenvalue weighted by Crippen LogP contribution is 2.26. The van der Waals surface area contributed by atoms with E-state index in [1.54, 1.807) is 16.8 Å². The topological polar surface area (TPSA) is 94.0 Å². The summed E-state index contributed by atoms with van der Waals surface area (Å²) in [6.07, 6.45) is 0. The average Bonchev–Trinajstić information content (AvgIpc) is 3.02. The number of methoxy groups -OCH3 is 1. The normalized spacial score (nSPS) is 10.8. The summed E-state index contributed by atoms with van der Waals surface area (Å²) in [5, 5.41) is 18.0. The Labute approximate surface area is 176 Å². The zero-order valence-electron chi connectivity index (χ0n) is 17.4. The van der Waals surface area contributed by atoms with E-state index in [9.17, 15) is 18.0 Å². The third-order valence-corrected chi connectivity index (χ3v) is 4.80. The van der Waals surface area contributed by atoms with Gasteiger partial charge in [0.05, 0.1) is 18.4 Å². The highest BCUT2D eigenvalue weighted by molar-refractivity contribution is 5.95. The molecule has 3 aromatic rings. The lowest BCUT2D eigenvalue weighted by atomic mass is 10.1. The molecule has 0 aliphatic carbocycles. The summed E-state index contributed by atoms with van der Waals surface area (Å²) in [7, 11) is 0.981. The molecule has 8 nitrogen and oxygen atoms in total. The van der Waals surface area contributed by atoms with E-state index in [4.69, 9.17) is 0 Å². The molecule has 0 aliphatic rings. The van der Waals surface area contributed by atoms with Crippen molar-refractivity contribution in [1.82, 2.24) is 25.3 Å². The molecule has 0 saturated heterocycles. The Bertz CT molecular complexity index is 1120. The Morgan fingerprint density at radius 2 is 1.84 bits per heavy atom. The Hall–Kier alpha value is -3.63. The predicted molar refractivity (Wildman–Crippen MR) is 107 cm³/mol. The first-order valence-electron chi connectivity index (χ1n) is 9.35. The van der Waals surface area contributed by atoms with Gasteiger partial charge in [0.2, 0.25) is 5.82 Å². The standard InChI is InChI=1S/C20H21F3N6O2/c1-10-11(2)28-29(12(10)3)16-6-5-15(26-27-16)24-7-8-25-20(30)13-9-14(21)18(23)19(31-4)17(13)22/h5-6,9H,7-8H2,1-4H3,(H,24,26)(H,25,30). The smallest absolute Gasteiger partial charge is 0.254 e. The van der Waals surface area contributed by atoms with Gasteiger partial charge in [0.15, 0.2) is 23.2 Å². The van der Waals surface area contributed by atoms with Crippen molar-refractivity contribution in [1.29, 1.82) is 0 Å². The van der Waals surface area contributed by atoms with Crippen LogP contribution in [0.1, 0.15) is 27.3 Å². The maximum Gasteiger partial charge on any atom is 0.254 e. The SMILES string of the molecule is COc1c(F)c(F)cc(C(=O)NCCNc2ccc(-n3nc(C)c(C)c3C)nn2)c1F. The third kappa shape index (κ3) is 4.44. The molecule has 1 amide bonds. The van der Waals surface area contributed by atoms with Crippen molar-refractivity contribution in [3.8, 4) is 11.6 Å². The van der Waals surface area contributed by atoms with Crippen LogP contribution in [-0.4, -0.2) is 46.1 Å². The van der Waals surface area contributed by atoms with Crippen LogP contribution in [0.2, 0.25) is 0 Å². The highest BCUT2D eigenvalue weighted by Gasteiger charge is 2.23. The molecule has 0 unspecified atom stereocenters. The number of aromatic nitrogens is 4. The van der Waals surface area contributed by atoms with Crippen molar-refractivity contribution in [2.45, 2.75) is 20.8 Å². The molecule has 0 fully saturated rings. The molecule has 164 valence electrons. The monoisotopic (exact) mass is 434 g/mol. The van der Waals surface area contributed by atoms with Crippen molar-refractivity contribution >= 4 is 11.7 Å². The summed E-state index contributed by atoms with van der Waals surface area (Å²) < 4.78 is 47.3. The minimum atomic E-state index is -1.49. The molecule has 31 heavy (non-hydrogen) atoms. The zero-order valence-corrected chi connectivity index (χ0v) is 17.4. The summed E-state index contributed by atoms with van der Waals surface area (Å²) in [6.45, 7) is 6.14. The number of ether oxygens (including phenoxy) is 1. The second kappa shape index (κ2) is 9.02. The molecule has 2 heterocycles. The van der Waals surface area contributed by atoms with Crippen molar-refractivity contribution in [2.24, 2.45) is 0 Å². The lowest BCUT2D eigenvalue weighted by molar-refractivity contribution is 0.0949. The van der Waals surface area contributed by atoms with Gasteiger partial charge in [-0.05, 0) is 44.5 Å². The van der Waals surface area contributed by atoms with Crippen molar-refractivity contribution in [3.05, 3.63) is 58.2 Å². The first kappa shape index (κ1) is 22.1. The molecular formula is C20H21F3N6O2. The van der Waals surface area contributed by atoms with Crippen LogP contribution in [0.25, 0.3) is 5.82 Å². The number of hydrogen-bond donors (Lipinski definition) is 2. The summed E-state index contributed by atoms with van der Waals surface area (Å²) in [6, 6.07) is 3.94. The Kier molecular flexibility index (Phi) is 6.42. The van der Waals surface area contributed by atoms with E-state index in [0.29, 0.717) is 17.7 Å². The maximum absolute atomic E-state index is 14.1. The summed E-state index contributed by atoms with van der Waals surface area (Å²) in [5.74, 6) is -4.97. The molecule has 3 rings (SSSR count). The van der Waals surface area contributed by atoms with E-state index < -0.39 is 34.7 Å². The van der Waals surface area contributed by atoms with Gasteiger partial charge in [-0.2, -0.15) is 9.49 Å². The first-order valence-corrected chi connectivity index (χ1v) is 9.35. The van der Waals surface area contributed by atoms with E-state index >= 15 is 0 Å². The van der Waals surface area contributed by atoms with Gasteiger partial charge in [-0.15, -0.1) is 10.2 Å². The number of benzene rings is 1. The minimum Gasteiger partial charge on any atom is -0.491 e. The fourth-order valence-corrected chi connectivity index (χ4v) is 2.86. The largest absolute Gasteiger partial charge is 0.491 e. The minimum absolute atomic E-state index is 0.0691. The molecular weight excluding hydrogens is 413 g/mol. The van der Waals surface area contributed by atoms with Gasteiger partial charge in [0, 0.05) is 18.8 Å². The number of aryl methyl sites for hydroxylation is 1. The number of rotatable bonds is 7. The van der Waals surface area contributed by atoms with E-state index in [-0.39, 0.29) is 13.1 Å². The van der Waals surface area contributed by atoms with Crippen LogP contribution >= 0.6 is 0 Å². The van der Waals surface area contributed by atoms with Gasteiger partial charge in [0.25, 0.3) is 5.91 Å². The van der Waals surface area contributed by atoms with Crippen molar-refractivity contribution in [3.63, 3.8) is 0 Å². The van der Waals surface area contributed by atoms with Crippen LogP contribution in [0.5, 0.6) is 5.75 Å². The van der Waals surface area contributed by atoms with Gasteiger partial charge in [-0.25, -0.2) is 13.5 Å². The van der Waals surface area contributed by atoms with Crippen molar-refractivity contribution < 1.29 is 22.7 Å². The fraction of sp³-hybridized carbons (Fsp3) is 0.300. The fourth-order valence-electron chi connectivity index (χ4n) is 2.86. The van der Waals surface area contributed by atoms with Crippen LogP contribution < -0.4 is 15.4 Å². The van der Waals surface area contributed by atoms with E-state index in [2.05, 4.69) is 30.7 Å². The molecule has 0 radical (unpaired) electrons. The van der Waals surface area contributed by atoms with Crippen LogP contribution in [0.4, 0.5) is 19.0 Å². The number of halogens is 3. The van der Waals surface area contributed by atoms with Gasteiger partial charge in [0.1, 0.15) is 5.82 Å². The molecule has 11 heteroatoms. The molecule has 2 N–H and O–H groups in total. The number of carbonyl (C=O) groups excluding carboxylic acids is 1. The quantitative estimate of drug-likeness (QED) is 0.439. The molecule has 0 bridgehead atoms. The van der Waals surface area contributed by atoms with Gasteiger partial charge in [-0.1, -0.05) is 0 Å². The van der Waals surface area contributed by atoms with Crippen LogP contribution in [0, 0.1) is 38.2 Å². The Balaban J connectivity index is 1.57. The molecule has 0 saturated carbocycles. The number of amides is 1. The van der Waals surface area contributed by atoms with Crippen molar-refractivity contribution in [2.75, 3.05) is 25.5 Å². The molecule has 0 spiro atoms. The summed E-state index contributed by atoms with van der Waals surface area (Å²) >= 11 is 0. The number of nitrogens with zero attached hydrogens (tertiary/aromatic N) is 4. The number of carbonyl (C=O) groups is 1. The Morgan fingerprint density at radius 3 is 2.42 bits per heavy atom. The summed E-state index contributed by atoms with van der Waals surface area (Å²) in [4.78, 5) is 12.1. The van der Waals surface area contributed by atoms with Crippen LogP contribution in [0.15, 0.2) is 18.2 Å². The van der Waals surface area contributed by atoms with Gasteiger partial charge in [-0.3, -0.25) is 4.79 Å². The van der Waals surface area contributed by atoms with E-state index in [0.717, 1.165) is 24.1 Å². The third-order valence-electron chi connectivity index (χ3n) is 4.80. The second-order valence-electron chi connectivity index (χ2n) is 6.73. The van der Waals surface area contributed by atoms with Crippen LogP contribution in [-0.2, 0) is 0 Å². The zero-order chi connectivity index (χ0) is 22.7. The maximum atomic E-state index is 14.1. The van der Waals surface area contributed by atoms with E-state index in [1.165, 1.54) is 0 Å². The lowest BCUT2D eigenvalue weighted by Gasteiger charge is -2.11. The Morgan fingerprint density at radius 1 is 1.10 bits per heavy atom. The van der Waals surface area contributed by atoms with E-state index in [1.807, 2.05) is 20.8 Å². The van der Waals surface area contributed by atoms with Gasteiger partial charge >= 0.3 is 0 Å². The second-order valence-corrected chi connectivity index (χ2v) is 6.73. The molecule has 2 aromatic heterocycles. The lowest BCUT2D eigenvalue weighted by Crippen LogP contribution is -2.30. The molecule has 1 aromatic carbocycles. The number of hydrogen-bond acceptors (Lipinski definition) is 6. The van der Waals surface area contributed by atoms with Crippen LogP contribution in [0.3, 0.4) is 0 Å². The first-order chi connectivity index (χ1) is 14.7. The molecule has 0 aliphatic heterocycles. The highest BCUT2D eigenvalue weighted by atomic mass is 19.2. The predicted octanol–water partition coefficient (Wildman–Crippen LogP) is 2.86. The molecule has 0 atom stereocenters. The number of nitrogens with one attached hydrogen (secondary N) is 2. The number of anilines is 1.